The van der Waals surface area contributed by atoms with E-state index in [-0.39, 0.29) is 27.6 Å². The summed E-state index contributed by atoms with van der Waals surface area (Å²) in [5.41, 5.74) is -0.634. The highest BCUT2D eigenvalue weighted by molar-refractivity contribution is 7.94. The number of nitrogens with zero attached hydrogens (tertiary/aromatic N) is 5. The molecule has 0 aliphatic rings. The van der Waals surface area contributed by atoms with Crippen LogP contribution in [-0.4, -0.2) is 67.4 Å². The lowest BCUT2D eigenvalue weighted by molar-refractivity contribution is 0.472. The first-order chi connectivity index (χ1) is 24.2. The van der Waals surface area contributed by atoms with E-state index >= 15 is 0 Å². The molecule has 0 saturated heterocycles. The SMILES string of the molecule is O=S(=O)(O)c1cccc(Nc2nc(Cl)nc(Nc3cc(S(=O)(=O)O)cc4cc(S(=O)(=O)O)c(N=Nc5cccc(S(=O)(=O)C=CCl)c5)c(O)c34)n2)c1. The van der Waals surface area contributed by atoms with Gasteiger partial charge in [-0.15, -0.1) is 5.11 Å². The van der Waals surface area contributed by atoms with E-state index in [0.29, 0.717) is 11.5 Å². The zero-order valence-electron chi connectivity index (χ0n) is 25.2. The summed E-state index contributed by atoms with van der Waals surface area (Å²) in [5, 5.41) is 23.6. The summed E-state index contributed by atoms with van der Waals surface area (Å²) in [6.45, 7) is 0. The van der Waals surface area contributed by atoms with Gasteiger partial charge in [0.15, 0.2) is 5.75 Å². The van der Waals surface area contributed by atoms with Crippen molar-refractivity contribution in [1.29, 1.82) is 0 Å². The van der Waals surface area contributed by atoms with Gasteiger partial charge in [-0.25, -0.2) is 8.42 Å². The quantitative estimate of drug-likeness (QED) is 0.0706. The van der Waals surface area contributed by atoms with Gasteiger partial charge in [0, 0.05) is 22.0 Å². The first-order valence-corrected chi connectivity index (χ1v) is 20.2. The largest absolute Gasteiger partial charge is 0.505 e. The topological polar surface area (TPSA) is 305 Å². The Morgan fingerprint density at radius 1 is 0.692 bits per heavy atom. The minimum Gasteiger partial charge on any atom is -0.505 e. The second kappa shape index (κ2) is 14.3. The number of aromatic nitrogens is 3. The number of hydrogen-bond donors (Lipinski definition) is 6. The predicted octanol–water partition coefficient (Wildman–Crippen LogP) is 5.51. The molecule has 272 valence electrons. The van der Waals surface area contributed by atoms with E-state index < -0.39 is 88.6 Å². The second-order valence-corrected chi connectivity index (χ2v) is 16.8. The zero-order chi connectivity index (χ0) is 38.2. The van der Waals surface area contributed by atoms with Crippen LogP contribution in [0.5, 0.6) is 5.75 Å². The molecule has 4 aromatic carbocycles. The van der Waals surface area contributed by atoms with Gasteiger partial charge in [-0.05, 0) is 71.6 Å². The first-order valence-electron chi connectivity index (χ1n) is 13.5. The third kappa shape index (κ3) is 8.77. The third-order valence-electron chi connectivity index (χ3n) is 6.58. The van der Waals surface area contributed by atoms with Crippen molar-refractivity contribution in [3.8, 4) is 5.75 Å². The molecule has 0 saturated carbocycles. The molecule has 52 heavy (non-hydrogen) atoms. The van der Waals surface area contributed by atoms with Crippen molar-refractivity contribution in [2.45, 2.75) is 19.6 Å². The summed E-state index contributed by atoms with van der Waals surface area (Å²) in [5.74, 6) is -1.79. The van der Waals surface area contributed by atoms with Crippen LogP contribution in [0.3, 0.4) is 0 Å². The molecule has 0 unspecified atom stereocenters. The molecular weight excluding hydrogens is 814 g/mol. The lowest BCUT2D eigenvalue weighted by atomic mass is 10.1. The Bertz CT molecular complexity index is 2790. The van der Waals surface area contributed by atoms with E-state index in [1.165, 1.54) is 30.3 Å². The molecule has 0 aliphatic heterocycles. The number of phenolic OH excluding ortho intramolecular Hbond substituents is 1. The number of hydrogen-bond acceptors (Lipinski definition) is 16. The Balaban J connectivity index is 1.67. The number of benzene rings is 4. The maximum atomic E-state index is 12.4. The minimum absolute atomic E-state index is 0.0613. The maximum absolute atomic E-state index is 12.4. The van der Waals surface area contributed by atoms with Crippen LogP contribution in [0.4, 0.5) is 34.6 Å². The number of aromatic hydroxyl groups is 1. The molecule has 0 spiro atoms. The van der Waals surface area contributed by atoms with Crippen LogP contribution in [0.25, 0.3) is 10.8 Å². The molecule has 19 nitrogen and oxygen atoms in total. The van der Waals surface area contributed by atoms with Crippen molar-refractivity contribution in [2.24, 2.45) is 10.2 Å². The van der Waals surface area contributed by atoms with Crippen molar-refractivity contribution in [2.75, 3.05) is 10.6 Å². The van der Waals surface area contributed by atoms with Gasteiger partial charge >= 0.3 is 0 Å². The van der Waals surface area contributed by atoms with Gasteiger partial charge in [-0.1, -0.05) is 23.7 Å². The van der Waals surface area contributed by atoms with E-state index in [4.69, 9.17) is 23.2 Å². The summed E-state index contributed by atoms with van der Waals surface area (Å²) in [6.07, 6.45) is 0. The third-order valence-corrected chi connectivity index (χ3v) is 11.0. The Hall–Kier alpha value is -4.85. The molecule has 0 bridgehead atoms. The summed E-state index contributed by atoms with van der Waals surface area (Å²) >= 11 is 11.5. The Morgan fingerprint density at radius 2 is 1.33 bits per heavy atom. The van der Waals surface area contributed by atoms with Crippen LogP contribution in [0.1, 0.15) is 0 Å². The molecule has 6 N–H and O–H groups in total. The molecule has 0 aliphatic carbocycles. The Morgan fingerprint density at radius 3 is 1.96 bits per heavy atom. The summed E-state index contributed by atoms with van der Waals surface area (Å²) < 4.78 is 126. The molecule has 25 heteroatoms. The van der Waals surface area contributed by atoms with Crippen molar-refractivity contribution >= 4 is 109 Å². The average molecular weight is 833 g/mol. The summed E-state index contributed by atoms with van der Waals surface area (Å²) in [6, 6.07) is 11.9. The highest BCUT2D eigenvalue weighted by Crippen LogP contribution is 2.45. The fraction of sp³-hybridized carbons (Fsp3) is 0. The number of fused-ring (bicyclic) bond motifs is 1. The van der Waals surface area contributed by atoms with Gasteiger partial charge in [0.25, 0.3) is 30.4 Å². The van der Waals surface area contributed by atoms with Crippen molar-refractivity contribution in [3.05, 3.63) is 83.0 Å². The maximum Gasteiger partial charge on any atom is 0.296 e. The lowest BCUT2D eigenvalue weighted by Crippen LogP contribution is -2.06. The molecule has 5 aromatic rings. The first kappa shape index (κ1) is 38.4. The van der Waals surface area contributed by atoms with Gasteiger partial charge < -0.3 is 15.7 Å². The highest BCUT2D eigenvalue weighted by atomic mass is 35.5. The van der Waals surface area contributed by atoms with Crippen molar-refractivity contribution in [3.63, 3.8) is 0 Å². The van der Waals surface area contributed by atoms with E-state index in [1.54, 1.807) is 0 Å². The summed E-state index contributed by atoms with van der Waals surface area (Å²) in [7, 11) is -18.9. The van der Waals surface area contributed by atoms with Crippen molar-refractivity contribution < 1.29 is 52.4 Å². The second-order valence-electron chi connectivity index (χ2n) is 10.1. The molecule has 1 aromatic heterocycles. The van der Waals surface area contributed by atoms with Gasteiger partial charge in [0.1, 0.15) is 10.6 Å². The fourth-order valence-electron chi connectivity index (χ4n) is 4.42. The van der Waals surface area contributed by atoms with E-state index in [1.807, 2.05) is 0 Å². The number of rotatable bonds is 11. The zero-order valence-corrected chi connectivity index (χ0v) is 30.0. The van der Waals surface area contributed by atoms with Crippen LogP contribution >= 0.6 is 23.2 Å². The van der Waals surface area contributed by atoms with E-state index in [0.717, 1.165) is 35.9 Å². The van der Waals surface area contributed by atoms with Gasteiger partial charge in [0.05, 0.1) is 26.1 Å². The van der Waals surface area contributed by atoms with E-state index in [9.17, 15) is 52.4 Å². The van der Waals surface area contributed by atoms with Gasteiger partial charge in [-0.3, -0.25) is 13.7 Å². The number of sulfone groups is 1. The molecule has 0 fully saturated rings. The van der Waals surface area contributed by atoms with Crippen LogP contribution in [0.15, 0.2) is 107 Å². The lowest BCUT2D eigenvalue weighted by Gasteiger charge is -2.15. The molecule has 5 rings (SSSR count). The summed E-state index contributed by atoms with van der Waals surface area (Å²) in [4.78, 5) is 9.15. The minimum atomic E-state index is -5.24. The molecule has 0 radical (unpaired) electrons. The van der Waals surface area contributed by atoms with Crippen LogP contribution in [0.2, 0.25) is 5.28 Å². The number of phenols is 1. The number of azo groups is 1. The van der Waals surface area contributed by atoms with Crippen LogP contribution < -0.4 is 10.6 Å². The fourth-order valence-corrected chi connectivity index (χ4v) is 7.56. The Kier molecular flexibility index (Phi) is 10.5. The van der Waals surface area contributed by atoms with Crippen LogP contribution in [0, 0.1) is 0 Å². The highest BCUT2D eigenvalue weighted by Gasteiger charge is 2.26. The molecular formula is C27H19Cl2N7O12S4. The average Bonchev–Trinajstić information content (AvgIpc) is 3.02. The van der Waals surface area contributed by atoms with Gasteiger partial charge in [0.2, 0.25) is 27.0 Å². The number of nitrogens with one attached hydrogen (secondary N) is 2. The predicted molar refractivity (Wildman–Crippen MR) is 186 cm³/mol. The molecule has 0 atom stereocenters. The van der Waals surface area contributed by atoms with Gasteiger partial charge in [-0.2, -0.15) is 45.3 Å². The Labute approximate surface area is 303 Å². The monoisotopic (exact) mass is 831 g/mol. The molecule has 0 amide bonds. The van der Waals surface area contributed by atoms with E-state index in [2.05, 4.69) is 35.8 Å². The van der Waals surface area contributed by atoms with Crippen molar-refractivity contribution in [1.82, 2.24) is 15.0 Å². The van der Waals surface area contributed by atoms with Crippen LogP contribution in [-0.2, 0) is 40.2 Å². The standard InChI is InChI=1S/C27H19Cl2N7O12S4/c28-7-8-49(38,39)17-5-2-4-16(12-17)35-36-23-21(52(46,47)48)10-14-9-19(51(43,44)45)13-20(22(14)24(23)37)31-27-33-25(29)32-26(34-27)30-15-3-1-6-18(11-15)50(40,41)42/h1-13,37H,(H,40,41,42)(H,43,44,45)(H,46,47,48)(H2,30,31,32,33,34). The number of halogens is 2. The normalized spacial score (nSPS) is 12.9. The number of anilines is 4. The smallest absolute Gasteiger partial charge is 0.296 e. The molecule has 1 heterocycles.